The Morgan fingerprint density at radius 3 is 1.82 bits per heavy atom. The molecule has 2 nitrogen and oxygen atoms in total. The van der Waals surface area contributed by atoms with Crippen LogP contribution in [0.15, 0.2) is 0 Å². The van der Waals surface area contributed by atoms with Gasteiger partial charge in [-0.2, -0.15) is 0 Å². The second kappa shape index (κ2) is 12.0. The van der Waals surface area contributed by atoms with Crippen LogP contribution in [-0.4, -0.2) is 5.91 Å². The Morgan fingerprint density at radius 2 is 1.41 bits per heavy atom. The largest absolute Gasteiger partial charge is 0.369 e. The third-order valence-electron chi connectivity index (χ3n) is 5.52. The van der Waals surface area contributed by atoms with Crippen molar-refractivity contribution < 1.29 is 4.79 Å². The monoisotopic (exact) mass is 311 g/mol. The van der Waals surface area contributed by atoms with Crippen LogP contribution in [0.5, 0.6) is 0 Å². The standard InChI is InChI=1S/C20H41NO/c1-6-10-12-17(8-3)14-15-20(5,19(21)22)16-18(9-4)13-11-7-2/h17-18H,6-16H2,1-5H3,(H2,21,22). The van der Waals surface area contributed by atoms with Crippen LogP contribution in [0.4, 0.5) is 0 Å². The predicted octanol–water partition coefficient (Wildman–Crippen LogP) is 6.08. The predicted molar refractivity (Wildman–Crippen MR) is 97.8 cm³/mol. The number of primary amides is 1. The Balaban J connectivity index is 4.61. The number of nitrogens with two attached hydrogens (primary N) is 1. The van der Waals surface area contributed by atoms with E-state index in [0.717, 1.165) is 31.6 Å². The number of hydrogen-bond donors (Lipinski definition) is 1. The maximum Gasteiger partial charge on any atom is 0.223 e. The lowest BCUT2D eigenvalue weighted by atomic mass is 9.73. The molecule has 132 valence electrons. The zero-order valence-corrected chi connectivity index (χ0v) is 15.9. The summed E-state index contributed by atoms with van der Waals surface area (Å²) in [4.78, 5) is 12.1. The van der Waals surface area contributed by atoms with E-state index in [0.29, 0.717) is 5.92 Å². The maximum atomic E-state index is 12.1. The third kappa shape index (κ3) is 8.19. The van der Waals surface area contributed by atoms with Gasteiger partial charge in [-0.15, -0.1) is 0 Å². The Kier molecular flexibility index (Phi) is 11.7. The molecule has 2 heteroatoms. The molecule has 0 radical (unpaired) electrons. The van der Waals surface area contributed by atoms with Crippen molar-refractivity contribution in [3.05, 3.63) is 0 Å². The molecule has 0 aliphatic heterocycles. The summed E-state index contributed by atoms with van der Waals surface area (Å²) in [5.41, 5.74) is 5.48. The first-order valence-corrected chi connectivity index (χ1v) is 9.73. The molecule has 22 heavy (non-hydrogen) atoms. The number of rotatable bonds is 14. The summed E-state index contributed by atoms with van der Waals surface area (Å²) in [6, 6.07) is 0. The van der Waals surface area contributed by atoms with E-state index in [4.69, 9.17) is 5.73 Å². The minimum atomic E-state index is -0.311. The van der Waals surface area contributed by atoms with E-state index in [2.05, 4.69) is 34.6 Å². The molecular formula is C20H41NO. The highest BCUT2D eigenvalue weighted by atomic mass is 16.1. The molecule has 0 saturated heterocycles. The summed E-state index contributed by atoms with van der Waals surface area (Å²) < 4.78 is 0. The van der Waals surface area contributed by atoms with Gasteiger partial charge in [-0.25, -0.2) is 0 Å². The van der Waals surface area contributed by atoms with Crippen molar-refractivity contribution in [3.63, 3.8) is 0 Å². The Labute approximate surface area is 139 Å². The molecule has 0 fully saturated rings. The highest BCUT2D eigenvalue weighted by Crippen LogP contribution is 2.36. The Morgan fingerprint density at radius 1 is 0.909 bits per heavy atom. The Bertz CT molecular complexity index is 289. The van der Waals surface area contributed by atoms with E-state index < -0.39 is 0 Å². The van der Waals surface area contributed by atoms with Crippen molar-refractivity contribution in [2.75, 3.05) is 0 Å². The molecule has 0 aromatic heterocycles. The fraction of sp³-hybridized carbons (Fsp3) is 0.950. The van der Waals surface area contributed by atoms with Crippen LogP contribution in [0.3, 0.4) is 0 Å². The molecule has 2 N–H and O–H groups in total. The molecule has 3 atom stereocenters. The highest BCUT2D eigenvalue weighted by Gasteiger charge is 2.33. The number of hydrogen-bond acceptors (Lipinski definition) is 1. The van der Waals surface area contributed by atoms with Gasteiger partial charge in [-0.1, -0.05) is 86.0 Å². The molecular weight excluding hydrogens is 270 g/mol. The van der Waals surface area contributed by atoms with E-state index in [-0.39, 0.29) is 11.3 Å². The summed E-state index contributed by atoms with van der Waals surface area (Å²) in [5.74, 6) is 1.32. The number of carbonyl (C=O) groups is 1. The molecule has 0 aliphatic carbocycles. The minimum absolute atomic E-state index is 0.0900. The summed E-state index contributed by atoms with van der Waals surface area (Å²) in [7, 11) is 0. The average Bonchev–Trinajstić information content (AvgIpc) is 2.51. The normalized spacial score (nSPS) is 17.0. The molecule has 0 rings (SSSR count). The van der Waals surface area contributed by atoms with Gasteiger partial charge in [0.25, 0.3) is 0 Å². The van der Waals surface area contributed by atoms with Crippen molar-refractivity contribution in [1.29, 1.82) is 0 Å². The molecule has 0 aromatic carbocycles. The van der Waals surface area contributed by atoms with E-state index in [1.807, 2.05) is 0 Å². The summed E-state index contributed by atoms with van der Waals surface area (Å²) in [6.07, 6.45) is 13.1. The van der Waals surface area contributed by atoms with Gasteiger partial charge >= 0.3 is 0 Å². The third-order valence-corrected chi connectivity index (χ3v) is 5.52. The zero-order valence-electron chi connectivity index (χ0n) is 15.9. The molecule has 0 heterocycles. The molecule has 0 aliphatic rings. The number of amides is 1. The van der Waals surface area contributed by atoms with Crippen LogP contribution in [0.1, 0.15) is 105 Å². The van der Waals surface area contributed by atoms with Gasteiger partial charge in [0.2, 0.25) is 5.91 Å². The van der Waals surface area contributed by atoms with Crippen molar-refractivity contribution in [3.8, 4) is 0 Å². The fourth-order valence-corrected chi connectivity index (χ4v) is 3.47. The molecule has 0 spiro atoms. The maximum absolute atomic E-state index is 12.1. The van der Waals surface area contributed by atoms with Gasteiger partial charge in [-0.3, -0.25) is 4.79 Å². The average molecular weight is 312 g/mol. The second-order valence-corrected chi connectivity index (χ2v) is 7.50. The smallest absolute Gasteiger partial charge is 0.223 e. The summed E-state index contributed by atoms with van der Waals surface area (Å²) in [5, 5.41) is 0. The van der Waals surface area contributed by atoms with E-state index in [9.17, 15) is 4.79 Å². The van der Waals surface area contributed by atoms with Crippen molar-refractivity contribution in [1.82, 2.24) is 0 Å². The number of carbonyl (C=O) groups excluding carboxylic acids is 1. The van der Waals surface area contributed by atoms with Crippen LogP contribution in [-0.2, 0) is 4.79 Å². The van der Waals surface area contributed by atoms with Gasteiger partial charge in [0.15, 0.2) is 0 Å². The number of unbranched alkanes of at least 4 members (excludes halogenated alkanes) is 2. The van der Waals surface area contributed by atoms with Crippen LogP contribution >= 0.6 is 0 Å². The minimum Gasteiger partial charge on any atom is -0.369 e. The lowest BCUT2D eigenvalue weighted by Crippen LogP contribution is -2.36. The van der Waals surface area contributed by atoms with Gasteiger partial charge in [0.1, 0.15) is 0 Å². The van der Waals surface area contributed by atoms with Crippen LogP contribution in [0.25, 0.3) is 0 Å². The SMILES string of the molecule is CCCCC(CC)CCC(C)(CC(CC)CCCC)C(N)=O. The fourth-order valence-electron chi connectivity index (χ4n) is 3.47. The molecule has 0 bridgehead atoms. The van der Waals surface area contributed by atoms with Crippen molar-refractivity contribution >= 4 is 5.91 Å². The molecule has 1 amide bonds. The Hall–Kier alpha value is -0.530. The first-order valence-electron chi connectivity index (χ1n) is 9.73. The topological polar surface area (TPSA) is 43.1 Å². The van der Waals surface area contributed by atoms with E-state index in [1.54, 1.807) is 0 Å². The van der Waals surface area contributed by atoms with Gasteiger partial charge in [0, 0.05) is 5.41 Å². The quantitative estimate of drug-likeness (QED) is 0.415. The van der Waals surface area contributed by atoms with Gasteiger partial charge in [0.05, 0.1) is 0 Å². The van der Waals surface area contributed by atoms with Gasteiger partial charge < -0.3 is 5.73 Å². The van der Waals surface area contributed by atoms with E-state index >= 15 is 0 Å². The van der Waals surface area contributed by atoms with Gasteiger partial charge in [-0.05, 0) is 31.1 Å². The van der Waals surface area contributed by atoms with Crippen molar-refractivity contribution in [2.24, 2.45) is 23.0 Å². The summed E-state index contributed by atoms with van der Waals surface area (Å²) in [6.45, 7) is 11.1. The second-order valence-electron chi connectivity index (χ2n) is 7.50. The zero-order chi connectivity index (χ0) is 17.0. The lowest BCUT2D eigenvalue weighted by molar-refractivity contribution is -0.128. The van der Waals surface area contributed by atoms with Crippen LogP contribution in [0.2, 0.25) is 0 Å². The first-order chi connectivity index (χ1) is 10.4. The molecule has 0 aromatic rings. The highest BCUT2D eigenvalue weighted by molar-refractivity contribution is 5.80. The van der Waals surface area contributed by atoms with Crippen LogP contribution < -0.4 is 5.73 Å². The molecule has 0 saturated carbocycles. The summed E-state index contributed by atoms with van der Waals surface area (Å²) >= 11 is 0. The first kappa shape index (κ1) is 21.5. The molecule has 3 unspecified atom stereocenters. The van der Waals surface area contributed by atoms with Crippen LogP contribution in [0, 0.1) is 17.3 Å². The van der Waals surface area contributed by atoms with Crippen molar-refractivity contribution in [2.45, 2.75) is 105 Å². The lowest BCUT2D eigenvalue weighted by Gasteiger charge is -2.31. The van der Waals surface area contributed by atoms with E-state index in [1.165, 1.54) is 44.9 Å².